The fourth-order valence-electron chi connectivity index (χ4n) is 3.61. The number of ether oxygens (including phenoxy) is 2. The van der Waals surface area contributed by atoms with Gasteiger partial charge in [-0.15, -0.1) is 0 Å². The molecule has 1 aromatic heterocycles. The quantitative estimate of drug-likeness (QED) is 0.268. The van der Waals surface area contributed by atoms with Crippen LogP contribution >= 0.6 is 0 Å². The molecule has 1 N–H and O–H groups in total. The van der Waals surface area contributed by atoms with Gasteiger partial charge in [-0.2, -0.15) is 0 Å². The molecule has 32 heavy (non-hydrogen) atoms. The third kappa shape index (κ3) is 5.03. The molecule has 0 bridgehead atoms. The van der Waals surface area contributed by atoms with Crippen molar-refractivity contribution < 1.29 is 23.0 Å². The summed E-state index contributed by atoms with van der Waals surface area (Å²) in [6, 6.07) is 17.0. The number of hydrogen-bond acceptors (Lipinski definition) is 3. The molecule has 0 spiro atoms. The Labute approximate surface area is 184 Å². The van der Waals surface area contributed by atoms with E-state index >= 15 is 0 Å². The number of Topliss-reactive ketones (excluding diaryl/α,β-unsaturated/α-hetero) is 1. The zero-order chi connectivity index (χ0) is 22.5. The molecule has 6 heteroatoms. The molecule has 4 nitrogen and oxygen atoms in total. The molecule has 0 fully saturated rings. The predicted octanol–water partition coefficient (Wildman–Crippen LogP) is 5.78. The lowest BCUT2D eigenvalue weighted by Gasteiger charge is -2.12. The zero-order valence-corrected chi connectivity index (χ0v) is 17.7. The summed E-state index contributed by atoms with van der Waals surface area (Å²) < 4.78 is 39.3. The van der Waals surface area contributed by atoms with Crippen LogP contribution in [0, 0.1) is 18.6 Å². The first-order valence-corrected chi connectivity index (χ1v) is 10.3. The summed E-state index contributed by atoms with van der Waals surface area (Å²) in [6.07, 6.45) is 1.51. The van der Waals surface area contributed by atoms with Crippen LogP contribution in [0.25, 0.3) is 10.9 Å². The number of benzene rings is 3. The number of nitrogens with one attached hydrogen (secondary N) is 1. The van der Waals surface area contributed by atoms with E-state index in [4.69, 9.17) is 9.47 Å². The number of halogens is 2. The highest BCUT2D eigenvalue weighted by atomic mass is 19.1. The zero-order valence-electron chi connectivity index (χ0n) is 17.7. The number of carbonyl (C=O) groups is 1. The van der Waals surface area contributed by atoms with Crippen molar-refractivity contribution in [2.24, 2.45) is 0 Å². The molecule has 0 radical (unpaired) electrons. The molecular weight excluding hydrogens is 412 g/mol. The summed E-state index contributed by atoms with van der Waals surface area (Å²) in [5.41, 5.74) is 3.02. The Kier molecular flexibility index (Phi) is 6.61. The Bertz CT molecular complexity index is 1230. The molecule has 0 atom stereocenters. The first-order chi connectivity index (χ1) is 15.5. The number of rotatable bonds is 9. The molecule has 0 unspecified atom stereocenters. The van der Waals surface area contributed by atoms with Gasteiger partial charge in [0.05, 0.1) is 18.7 Å². The first kappa shape index (κ1) is 21.7. The van der Waals surface area contributed by atoms with Gasteiger partial charge in [0, 0.05) is 35.2 Å². The second-order valence-electron chi connectivity index (χ2n) is 7.61. The molecule has 0 aliphatic rings. The van der Waals surface area contributed by atoms with Crippen LogP contribution in [0.5, 0.6) is 5.75 Å². The molecule has 0 aliphatic carbocycles. The largest absolute Gasteiger partial charge is 0.491 e. The Morgan fingerprint density at radius 1 is 1.00 bits per heavy atom. The third-order valence-corrected chi connectivity index (χ3v) is 5.16. The summed E-state index contributed by atoms with van der Waals surface area (Å²) in [6.45, 7) is 2.76. The minimum atomic E-state index is -0.453. The maximum Gasteiger partial charge on any atom is 0.169 e. The van der Waals surface area contributed by atoms with E-state index in [0.717, 1.165) is 11.1 Å². The van der Waals surface area contributed by atoms with E-state index < -0.39 is 11.6 Å². The number of hydrogen-bond donors (Lipinski definition) is 1. The van der Waals surface area contributed by atoms with Crippen LogP contribution in [-0.2, 0) is 17.8 Å². The van der Waals surface area contributed by atoms with Crippen LogP contribution in [0.2, 0.25) is 0 Å². The lowest BCUT2D eigenvalue weighted by atomic mass is 10.0. The van der Waals surface area contributed by atoms with Gasteiger partial charge in [-0.25, -0.2) is 8.78 Å². The first-order valence-electron chi connectivity index (χ1n) is 10.3. The second-order valence-corrected chi connectivity index (χ2v) is 7.61. The van der Waals surface area contributed by atoms with Crippen molar-refractivity contribution in [3.63, 3.8) is 0 Å². The highest BCUT2D eigenvalue weighted by molar-refractivity contribution is 6.09. The van der Waals surface area contributed by atoms with E-state index in [2.05, 4.69) is 4.98 Å². The number of carbonyl (C=O) groups excluding carboxylic acids is 1. The number of aromatic amines is 1. The summed E-state index contributed by atoms with van der Waals surface area (Å²) in [4.78, 5) is 15.8. The Morgan fingerprint density at radius 3 is 2.62 bits per heavy atom. The SMILES string of the molecule is Cc1cc(F)c2[nH]cc(C(=O)Cc3ccc(F)cc3OCCOCc3ccccc3)c2c1. The molecule has 3 aromatic carbocycles. The van der Waals surface area contributed by atoms with Crippen molar-refractivity contribution in [1.82, 2.24) is 4.98 Å². The van der Waals surface area contributed by atoms with Crippen LogP contribution in [0.15, 0.2) is 66.9 Å². The summed E-state index contributed by atoms with van der Waals surface area (Å²) in [7, 11) is 0. The van der Waals surface area contributed by atoms with Crippen LogP contribution < -0.4 is 4.74 Å². The normalized spacial score (nSPS) is 11.1. The van der Waals surface area contributed by atoms with Crippen LogP contribution in [0.4, 0.5) is 8.78 Å². The fraction of sp³-hybridized carbons (Fsp3) is 0.192. The Morgan fingerprint density at radius 2 is 1.81 bits per heavy atom. The molecule has 1 heterocycles. The molecule has 0 amide bonds. The summed E-state index contributed by atoms with van der Waals surface area (Å²) >= 11 is 0. The van der Waals surface area contributed by atoms with Crippen molar-refractivity contribution in [3.05, 3.63) is 101 Å². The van der Waals surface area contributed by atoms with E-state index in [1.165, 1.54) is 30.5 Å². The van der Waals surface area contributed by atoms with Gasteiger partial charge >= 0.3 is 0 Å². The van der Waals surface area contributed by atoms with Gasteiger partial charge in [-0.05, 0) is 36.2 Å². The molecule has 0 saturated heterocycles. The van der Waals surface area contributed by atoms with Gasteiger partial charge in [0.2, 0.25) is 0 Å². The highest BCUT2D eigenvalue weighted by Crippen LogP contribution is 2.26. The van der Waals surface area contributed by atoms with Crippen LogP contribution in [-0.4, -0.2) is 24.0 Å². The number of H-pyrrole nitrogens is 1. The maximum atomic E-state index is 14.2. The Hall–Kier alpha value is -3.51. The minimum absolute atomic E-state index is 0.00298. The average molecular weight is 435 g/mol. The lowest BCUT2D eigenvalue weighted by Crippen LogP contribution is -2.10. The van der Waals surface area contributed by atoms with Crippen molar-refractivity contribution in [2.45, 2.75) is 20.0 Å². The van der Waals surface area contributed by atoms with E-state index in [-0.39, 0.29) is 18.8 Å². The van der Waals surface area contributed by atoms with Crippen molar-refractivity contribution in [2.75, 3.05) is 13.2 Å². The number of ketones is 1. The highest BCUT2D eigenvalue weighted by Gasteiger charge is 2.17. The molecule has 0 aliphatic heterocycles. The van der Waals surface area contributed by atoms with Gasteiger partial charge < -0.3 is 14.5 Å². The maximum absolute atomic E-state index is 14.2. The van der Waals surface area contributed by atoms with E-state index in [1.54, 1.807) is 13.0 Å². The van der Waals surface area contributed by atoms with E-state index in [9.17, 15) is 13.6 Å². The molecule has 4 aromatic rings. The fourth-order valence-corrected chi connectivity index (χ4v) is 3.61. The molecule has 0 saturated carbocycles. The predicted molar refractivity (Wildman–Crippen MR) is 119 cm³/mol. The van der Waals surface area contributed by atoms with Crippen molar-refractivity contribution in [1.29, 1.82) is 0 Å². The van der Waals surface area contributed by atoms with Gasteiger partial charge in [-0.3, -0.25) is 4.79 Å². The number of aryl methyl sites for hydroxylation is 1. The van der Waals surface area contributed by atoms with Crippen molar-refractivity contribution >= 4 is 16.7 Å². The summed E-state index contributed by atoms with van der Waals surface area (Å²) in [5, 5.41) is 0.534. The van der Waals surface area contributed by atoms with Crippen LogP contribution in [0.1, 0.15) is 27.0 Å². The standard InChI is InChI=1S/C26H23F2NO3/c1-17-11-21-22(15-29-26(21)23(28)12-17)24(30)13-19-7-8-20(27)14-25(19)32-10-9-31-16-18-5-3-2-4-6-18/h2-8,11-12,14-15,29H,9-10,13,16H2,1H3. The second kappa shape index (κ2) is 9.75. The van der Waals surface area contributed by atoms with Gasteiger partial charge in [0.1, 0.15) is 24.0 Å². The lowest BCUT2D eigenvalue weighted by molar-refractivity contribution is 0.0882. The minimum Gasteiger partial charge on any atom is -0.491 e. The smallest absolute Gasteiger partial charge is 0.169 e. The third-order valence-electron chi connectivity index (χ3n) is 5.16. The average Bonchev–Trinajstić information content (AvgIpc) is 3.20. The topological polar surface area (TPSA) is 51.3 Å². The molecular formula is C26H23F2NO3. The monoisotopic (exact) mass is 435 g/mol. The van der Waals surface area contributed by atoms with E-state index in [0.29, 0.717) is 41.0 Å². The van der Waals surface area contributed by atoms with Gasteiger partial charge in [0.25, 0.3) is 0 Å². The van der Waals surface area contributed by atoms with E-state index in [1.807, 2.05) is 30.3 Å². The number of fused-ring (bicyclic) bond motifs is 1. The van der Waals surface area contributed by atoms with Gasteiger partial charge in [-0.1, -0.05) is 36.4 Å². The van der Waals surface area contributed by atoms with Crippen molar-refractivity contribution in [3.8, 4) is 5.75 Å². The summed E-state index contributed by atoms with van der Waals surface area (Å²) in [5.74, 6) is -0.770. The van der Waals surface area contributed by atoms with Gasteiger partial charge in [0.15, 0.2) is 5.78 Å². The molecule has 164 valence electrons. The molecule has 4 rings (SSSR count). The Balaban J connectivity index is 1.42. The van der Waals surface area contributed by atoms with Crippen LogP contribution in [0.3, 0.4) is 0 Å². The number of aromatic nitrogens is 1.